The van der Waals surface area contributed by atoms with Crippen LogP contribution in [-0.4, -0.2) is 15.8 Å². The Labute approximate surface area is 208 Å². The molecule has 0 bridgehead atoms. The van der Waals surface area contributed by atoms with Crippen LogP contribution in [0.3, 0.4) is 0 Å². The highest BCUT2D eigenvalue weighted by Gasteiger charge is 2.61. The average Bonchev–Trinajstić information content (AvgIpc) is 3.20. The molecular formula is C32H50O2. The van der Waals surface area contributed by atoms with E-state index in [0.717, 1.165) is 67.3 Å². The van der Waals surface area contributed by atoms with Gasteiger partial charge in [-0.1, -0.05) is 58.0 Å². The maximum absolute atomic E-state index is 11.1. The predicted octanol–water partition coefficient (Wildman–Crippen LogP) is 7.94. The second-order valence-electron chi connectivity index (χ2n) is 13.6. The smallest absolute Gasteiger partial charge is 0.0790 e. The molecule has 0 heterocycles. The molecular weight excluding hydrogens is 416 g/mol. The lowest BCUT2D eigenvalue weighted by Gasteiger charge is -2.62. The Morgan fingerprint density at radius 1 is 0.882 bits per heavy atom. The summed E-state index contributed by atoms with van der Waals surface area (Å²) >= 11 is 0. The second kappa shape index (κ2) is 9.22. The standard InChI is InChI=1S/C32H50O2/c1-5-32(34)20-19-30(3)24(21-32)12-13-25-27-15-14-26(31(27,4)18-17-28(25)30)22(2)11-16-29(33)23-9-7-6-8-10-23/h6-10,22,24-29,33-34H,5,11-21H2,1-4H3/t22-,24+,25+,26-,27+,28+,29+,30+,31-,32+/m1/s1. The van der Waals surface area contributed by atoms with Crippen molar-refractivity contribution < 1.29 is 10.2 Å². The normalized spacial score (nSPS) is 45.6. The minimum atomic E-state index is -0.390. The van der Waals surface area contributed by atoms with E-state index in [4.69, 9.17) is 0 Å². The Hall–Kier alpha value is -0.860. The van der Waals surface area contributed by atoms with Crippen molar-refractivity contribution in [3.05, 3.63) is 35.9 Å². The van der Waals surface area contributed by atoms with Crippen LogP contribution in [0, 0.1) is 46.3 Å². The van der Waals surface area contributed by atoms with Crippen molar-refractivity contribution in [3.8, 4) is 0 Å². The highest BCUT2D eigenvalue weighted by molar-refractivity contribution is 5.17. The van der Waals surface area contributed by atoms with Gasteiger partial charge >= 0.3 is 0 Å². The summed E-state index contributed by atoms with van der Waals surface area (Å²) in [4.78, 5) is 0. The quantitative estimate of drug-likeness (QED) is 0.447. The van der Waals surface area contributed by atoms with E-state index < -0.39 is 5.60 Å². The van der Waals surface area contributed by atoms with Crippen LogP contribution in [0.4, 0.5) is 0 Å². The van der Waals surface area contributed by atoms with Crippen molar-refractivity contribution in [1.82, 2.24) is 0 Å². The van der Waals surface area contributed by atoms with Crippen molar-refractivity contribution in [1.29, 1.82) is 0 Å². The predicted molar refractivity (Wildman–Crippen MR) is 140 cm³/mol. The molecule has 0 aliphatic heterocycles. The molecule has 4 aliphatic rings. The van der Waals surface area contributed by atoms with Gasteiger partial charge in [0.15, 0.2) is 0 Å². The second-order valence-corrected chi connectivity index (χ2v) is 13.6. The minimum absolute atomic E-state index is 0.326. The Morgan fingerprint density at radius 2 is 1.62 bits per heavy atom. The fraction of sp³-hybridized carbons (Fsp3) is 0.812. The summed E-state index contributed by atoms with van der Waals surface area (Å²) in [5.41, 5.74) is 1.62. The van der Waals surface area contributed by atoms with E-state index in [0.29, 0.717) is 16.7 Å². The molecule has 34 heavy (non-hydrogen) atoms. The maximum Gasteiger partial charge on any atom is 0.0790 e. The third kappa shape index (κ3) is 4.09. The van der Waals surface area contributed by atoms with Gasteiger partial charge < -0.3 is 10.2 Å². The Kier molecular flexibility index (Phi) is 6.73. The summed E-state index contributed by atoms with van der Waals surface area (Å²) in [6, 6.07) is 10.2. The summed E-state index contributed by atoms with van der Waals surface area (Å²) in [5, 5.41) is 21.8. The summed E-state index contributed by atoms with van der Waals surface area (Å²) in [5.74, 6) is 4.89. The highest BCUT2D eigenvalue weighted by atomic mass is 16.3. The van der Waals surface area contributed by atoms with E-state index in [1.165, 1.54) is 44.9 Å². The number of benzene rings is 1. The van der Waals surface area contributed by atoms with Gasteiger partial charge in [0.05, 0.1) is 11.7 Å². The maximum atomic E-state index is 11.1. The lowest BCUT2D eigenvalue weighted by atomic mass is 9.43. The number of fused-ring (bicyclic) bond motifs is 5. The van der Waals surface area contributed by atoms with Crippen molar-refractivity contribution in [2.45, 2.75) is 116 Å². The number of aliphatic hydroxyl groups excluding tert-OH is 1. The van der Waals surface area contributed by atoms with Gasteiger partial charge in [-0.25, -0.2) is 0 Å². The molecule has 0 aromatic heterocycles. The summed E-state index contributed by atoms with van der Waals surface area (Å²) in [6.45, 7) is 9.93. The molecule has 1 aromatic carbocycles. The van der Waals surface area contributed by atoms with Crippen LogP contribution in [0.1, 0.15) is 116 Å². The van der Waals surface area contributed by atoms with Crippen LogP contribution < -0.4 is 0 Å². The van der Waals surface area contributed by atoms with E-state index in [2.05, 4.69) is 39.8 Å². The molecule has 10 atom stereocenters. The van der Waals surface area contributed by atoms with Gasteiger partial charge in [0, 0.05) is 0 Å². The lowest BCUT2D eigenvalue weighted by molar-refractivity contribution is -0.152. The van der Waals surface area contributed by atoms with Crippen molar-refractivity contribution in [2.75, 3.05) is 0 Å². The largest absolute Gasteiger partial charge is 0.390 e. The molecule has 4 saturated carbocycles. The molecule has 1 aromatic rings. The zero-order valence-electron chi connectivity index (χ0n) is 22.3. The first kappa shape index (κ1) is 24.8. The third-order valence-corrected chi connectivity index (χ3v) is 12.3. The first-order chi connectivity index (χ1) is 16.2. The fourth-order valence-corrected chi connectivity index (χ4v) is 10.1. The van der Waals surface area contributed by atoms with Crippen molar-refractivity contribution >= 4 is 0 Å². The van der Waals surface area contributed by atoms with E-state index in [1.807, 2.05) is 18.2 Å². The van der Waals surface area contributed by atoms with Gasteiger partial charge in [-0.3, -0.25) is 0 Å². The molecule has 2 nitrogen and oxygen atoms in total. The van der Waals surface area contributed by atoms with E-state index in [-0.39, 0.29) is 6.10 Å². The molecule has 0 saturated heterocycles. The third-order valence-electron chi connectivity index (χ3n) is 12.3. The molecule has 0 unspecified atom stereocenters. The zero-order chi connectivity index (χ0) is 24.1. The molecule has 4 fully saturated rings. The topological polar surface area (TPSA) is 40.5 Å². The number of hydrogen-bond donors (Lipinski definition) is 2. The molecule has 0 radical (unpaired) electrons. The van der Waals surface area contributed by atoms with Crippen LogP contribution in [0.25, 0.3) is 0 Å². The van der Waals surface area contributed by atoms with E-state index in [1.54, 1.807) is 0 Å². The molecule has 2 N–H and O–H groups in total. The molecule has 0 spiro atoms. The zero-order valence-corrected chi connectivity index (χ0v) is 22.3. The summed E-state index contributed by atoms with van der Waals surface area (Å²) in [7, 11) is 0. The number of hydrogen-bond acceptors (Lipinski definition) is 2. The van der Waals surface area contributed by atoms with Crippen molar-refractivity contribution in [3.63, 3.8) is 0 Å². The Morgan fingerprint density at radius 3 is 2.35 bits per heavy atom. The van der Waals surface area contributed by atoms with Gasteiger partial charge in [-0.05, 0) is 129 Å². The summed E-state index contributed by atoms with van der Waals surface area (Å²) in [6.07, 6.45) is 14.3. The average molecular weight is 467 g/mol. The van der Waals surface area contributed by atoms with Crippen LogP contribution in [0.15, 0.2) is 30.3 Å². The fourth-order valence-electron chi connectivity index (χ4n) is 10.1. The van der Waals surface area contributed by atoms with Gasteiger partial charge in [0.25, 0.3) is 0 Å². The molecule has 190 valence electrons. The Balaban J connectivity index is 1.25. The number of rotatable bonds is 6. The molecule has 0 amide bonds. The SMILES string of the molecule is CC[C@]1(O)CC[C@@]2(C)[C@@H](CC[C@@H]3[C@@H]2CC[C@]2(C)[C@@H]([C@H](C)CC[C@H](O)c4ccccc4)CC[C@@H]32)C1. The first-order valence-corrected chi connectivity index (χ1v) is 14.7. The molecule has 4 aliphatic carbocycles. The van der Waals surface area contributed by atoms with Crippen LogP contribution in [-0.2, 0) is 0 Å². The van der Waals surface area contributed by atoms with Gasteiger partial charge in [-0.2, -0.15) is 0 Å². The lowest BCUT2D eigenvalue weighted by Crippen LogP contribution is -2.56. The molecule has 2 heteroatoms. The minimum Gasteiger partial charge on any atom is -0.390 e. The van der Waals surface area contributed by atoms with Crippen LogP contribution >= 0.6 is 0 Å². The van der Waals surface area contributed by atoms with Crippen LogP contribution in [0.5, 0.6) is 0 Å². The van der Waals surface area contributed by atoms with E-state index >= 15 is 0 Å². The highest BCUT2D eigenvalue weighted by Crippen LogP contribution is 2.69. The van der Waals surface area contributed by atoms with E-state index in [9.17, 15) is 10.2 Å². The monoisotopic (exact) mass is 466 g/mol. The van der Waals surface area contributed by atoms with Gasteiger partial charge in [-0.15, -0.1) is 0 Å². The van der Waals surface area contributed by atoms with Gasteiger partial charge in [0.2, 0.25) is 0 Å². The summed E-state index contributed by atoms with van der Waals surface area (Å²) < 4.78 is 0. The van der Waals surface area contributed by atoms with Crippen molar-refractivity contribution in [2.24, 2.45) is 46.3 Å². The Bertz CT molecular complexity index is 837. The number of aliphatic hydroxyl groups is 2. The van der Waals surface area contributed by atoms with Crippen LogP contribution in [0.2, 0.25) is 0 Å². The van der Waals surface area contributed by atoms with Gasteiger partial charge in [0.1, 0.15) is 0 Å². The molecule has 5 rings (SSSR count). The first-order valence-electron chi connectivity index (χ1n) is 14.7.